The van der Waals surface area contributed by atoms with Crippen molar-refractivity contribution < 1.29 is 0 Å². The van der Waals surface area contributed by atoms with Crippen molar-refractivity contribution in [3.8, 4) is 11.3 Å². The summed E-state index contributed by atoms with van der Waals surface area (Å²) in [5.41, 5.74) is 7.67. The Morgan fingerprint density at radius 2 is 1.86 bits per heavy atom. The third kappa shape index (κ3) is 1.65. The van der Waals surface area contributed by atoms with Crippen molar-refractivity contribution in [1.82, 2.24) is 15.0 Å². The minimum atomic E-state index is 0.401. The van der Waals surface area contributed by atoms with Gasteiger partial charge in [0, 0.05) is 18.0 Å². The molecule has 5 heteroatoms. The van der Waals surface area contributed by atoms with Crippen LogP contribution in [-0.4, -0.2) is 15.0 Å². The molecule has 14 heavy (non-hydrogen) atoms. The second-order valence-corrected chi connectivity index (χ2v) is 3.09. The summed E-state index contributed by atoms with van der Waals surface area (Å²) in [5, 5.41) is 0.401. The van der Waals surface area contributed by atoms with E-state index in [9.17, 15) is 0 Å². The summed E-state index contributed by atoms with van der Waals surface area (Å²) in [4.78, 5) is 11.9. The summed E-state index contributed by atoms with van der Waals surface area (Å²) in [6, 6.07) is 3.35. The fourth-order valence-corrected chi connectivity index (χ4v) is 1.25. The van der Waals surface area contributed by atoms with Crippen molar-refractivity contribution in [2.75, 3.05) is 5.73 Å². The number of aromatic nitrogens is 3. The van der Waals surface area contributed by atoms with E-state index in [1.807, 2.05) is 0 Å². The molecular weight excluding hydrogens is 200 g/mol. The number of pyridine rings is 1. The molecule has 0 spiro atoms. The zero-order chi connectivity index (χ0) is 9.97. The van der Waals surface area contributed by atoms with Crippen LogP contribution in [0.3, 0.4) is 0 Å². The minimum absolute atomic E-state index is 0.401. The Morgan fingerprint density at radius 1 is 1.14 bits per heavy atom. The van der Waals surface area contributed by atoms with E-state index >= 15 is 0 Å². The third-order valence-electron chi connectivity index (χ3n) is 1.73. The maximum atomic E-state index is 5.76. The van der Waals surface area contributed by atoms with Gasteiger partial charge in [0.1, 0.15) is 11.5 Å². The van der Waals surface area contributed by atoms with E-state index in [1.165, 1.54) is 6.33 Å². The predicted octanol–water partition coefficient (Wildman–Crippen LogP) is 1.77. The molecular formula is C9H7ClN4. The number of halogens is 1. The van der Waals surface area contributed by atoms with E-state index in [1.54, 1.807) is 24.5 Å². The molecule has 0 unspecified atom stereocenters. The highest BCUT2D eigenvalue weighted by Gasteiger charge is 2.04. The van der Waals surface area contributed by atoms with Gasteiger partial charge in [-0.05, 0) is 12.1 Å². The lowest BCUT2D eigenvalue weighted by Crippen LogP contribution is -1.94. The number of nitrogen functional groups attached to an aromatic ring is 1. The molecule has 0 fully saturated rings. The van der Waals surface area contributed by atoms with Gasteiger partial charge in [-0.2, -0.15) is 0 Å². The van der Waals surface area contributed by atoms with Gasteiger partial charge in [0.25, 0.3) is 0 Å². The van der Waals surface area contributed by atoms with Gasteiger partial charge in [0.2, 0.25) is 0 Å². The Kier molecular flexibility index (Phi) is 2.28. The highest BCUT2D eigenvalue weighted by atomic mass is 35.5. The summed E-state index contributed by atoms with van der Waals surface area (Å²) in [6.45, 7) is 0. The SMILES string of the molecule is Nc1ccc(Cl)nc1-c1cncnc1. The van der Waals surface area contributed by atoms with Crippen LogP contribution in [0, 0.1) is 0 Å². The quantitative estimate of drug-likeness (QED) is 0.723. The molecule has 2 aromatic rings. The molecule has 0 bridgehead atoms. The molecule has 0 atom stereocenters. The van der Waals surface area contributed by atoms with E-state index in [0.717, 1.165) is 5.56 Å². The number of anilines is 1. The molecule has 0 aliphatic rings. The summed E-state index contributed by atoms with van der Waals surface area (Å²) >= 11 is 5.76. The number of hydrogen-bond acceptors (Lipinski definition) is 4. The van der Waals surface area contributed by atoms with Gasteiger partial charge in [0.05, 0.1) is 11.4 Å². The van der Waals surface area contributed by atoms with Gasteiger partial charge in [-0.3, -0.25) is 0 Å². The van der Waals surface area contributed by atoms with Gasteiger partial charge in [-0.15, -0.1) is 0 Å². The van der Waals surface area contributed by atoms with Crippen LogP contribution in [-0.2, 0) is 0 Å². The molecule has 2 heterocycles. The van der Waals surface area contributed by atoms with Crippen LogP contribution in [0.5, 0.6) is 0 Å². The van der Waals surface area contributed by atoms with Gasteiger partial charge >= 0.3 is 0 Å². The smallest absolute Gasteiger partial charge is 0.129 e. The van der Waals surface area contributed by atoms with Crippen LogP contribution in [0.25, 0.3) is 11.3 Å². The molecule has 0 aromatic carbocycles. The first-order valence-electron chi connectivity index (χ1n) is 3.95. The van der Waals surface area contributed by atoms with Crippen molar-refractivity contribution >= 4 is 17.3 Å². The van der Waals surface area contributed by atoms with Crippen LogP contribution >= 0.6 is 11.6 Å². The number of nitrogens with zero attached hydrogens (tertiary/aromatic N) is 3. The number of nitrogens with two attached hydrogens (primary N) is 1. The largest absolute Gasteiger partial charge is 0.397 e. The van der Waals surface area contributed by atoms with Crippen molar-refractivity contribution in [2.45, 2.75) is 0 Å². The number of hydrogen-bond donors (Lipinski definition) is 1. The molecule has 0 radical (unpaired) electrons. The maximum absolute atomic E-state index is 5.76. The minimum Gasteiger partial charge on any atom is -0.397 e. The van der Waals surface area contributed by atoms with Gasteiger partial charge in [-0.25, -0.2) is 15.0 Å². The third-order valence-corrected chi connectivity index (χ3v) is 1.94. The fraction of sp³-hybridized carbons (Fsp3) is 0. The van der Waals surface area contributed by atoms with Crippen LogP contribution in [0.4, 0.5) is 5.69 Å². The molecule has 0 saturated carbocycles. The van der Waals surface area contributed by atoms with Crippen LogP contribution in [0.1, 0.15) is 0 Å². The average molecular weight is 207 g/mol. The Bertz CT molecular complexity index is 444. The molecule has 0 aliphatic carbocycles. The van der Waals surface area contributed by atoms with Gasteiger partial charge < -0.3 is 5.73 Å². The summed E-state index contributed by atoms with van der Waals surface area (Å²) in [7, 11) is 0. The predicted molar refractivity (Wildman–Crippen MR) is 54.7 cm³/mol. The summed E-state index contributed by atoms with van der Waals surface area (Å²) < 4.78 is 0. The Morgan fingerprint density at radius 3 is 2.57 bits per heavy atom. The highest BCUT2D eigenvalue weighted by Crippen LogP contribution is 2.23. The molecule has 2 N–H and O–H groups in total. The zero-order valence-electron chi connectivity index (χ0n) is 7.18. The van der Waals surface area contributed by atoms with Crippen LogP contribution in [0.2, 0.25) is 5.15 Å². The van der Waals surface area contributed by atoms with Crippen LogP contribution in [0.15, 0.2) is 30.9 Å². The lowest BCUT2D eigenvalue weighted by Gasteiger charge is -2.03. The molecule has 2 aromatic heterocycles. The van der Waals surface area contributed by atoms with E-state index in [2.05, 4.69) is 15.0 Å². The van der Waals surface area contributed by atoms with E-state index in [0.29, 0.717) is 16.5 Å². The Labute approximate surface area is 85.8 Å². The van der Waals surface area contributed by atoms with Crippen molar-refractivity contribution in [2.24, 2.45) is 0 Å². The van der Waals surface area contributed by atoms with E-state index in [-0.39, 0.29) is 0 Å². The molecule has 70 valence electrons. The maximum Gasteiger partial charge on any atom is 0.129 e. The average Bonchev–Trinajstić information content (AvgIpc) is 2.23. The lowest BCUT2D eigenvalue weighted by molar-refractivity contribution is 1.16. The van der Waals surface area contributed by atoms with Crippen molar-refractivity contribution in [3.05, 3.63) is 36.0 Å². The molecule has 0 saturated heterocycles. The molecule has 4 nitrogen and oxygen atoms in total. The monoisotopic (exact) mass is 206 g/mol. The Hall–Kier alpha value is -1.68. The fourth-order valence-electron chi connectivity index (χ4n) is 1.10. The van der Waals surface area contributed by atoms with Crippen LogP contribution < -0.4 is 5.73 Å². The highest BCUT2D eigenvalue weighted by molar-refractivity contribution is 6.29. The summed E-state index contributed by atoms with van der Waals surface area (Å²) in [6.07, 6.45) is 4.73. The van der Waals surface area contributed by atoms with Gasteiger partial charge in [-0.1, -0.05) is 11.6 Å². The first-order chi connectivity index (χ1) is 6.77. The van der Waals surface area contributed by atoms with E-state index in [4.69, 9.17) is 17.3 Å². The number of rotatable bonds is 1. The topological polar surface area (TPSA) is 64.7 Å². The lowest BCUT2D eigenvalue weighted by atomic mass is 10.2. The van der Waals surface area contributed by atoms with Crippen molar-refractivity contribution in [3.63, 3.8) is 0 Å². The second kappa shape index (κ2) is 3.59. The van der Waals surface area contributed by atoms with E-state index < -0.39 is 0 Å². The summed E-state index contributed by atoms with van der Waals surface area (Å²) in [5.74, 6) is 0. The first kappa shape index (κ1) is 8.90. The zero-order valence-corrected chi connectivity index (χ0v) is 7.94. The first-order valence-corrected chi connectivity index (χ1v) is 4.32. The normalized spacial score (nSPS) is 10.1. The van der Waals surface area contributed by atoms with Crippen molar-refractivity contribution in [1.29, 1.82) is 0 Å². The standard InChI is InChI=1S/C9H7ClN4/c10-8-2-1-7(11)9(14-8)6-3-12-5-13-4-6/h1-5H,11H2. The molecule has 0 aliphatic heterocycles. The van der Waals surface area contributed by atoms with Gasteiger partial charge in [0.15, 0.2) is 0 Å². The molecule has 2 rings (SSSR count). The molecule has 0 amide bonds. The Balaban J connectivity index is 2.57. The second-order valence-electron chi connectivity index (χ2n) is 2.70.